The first-order valence-electron chi connectivity index (χ1n) is 6.88. The van der Waals surface area contributed by atoms with Crippen molar-refractivity contribution in [1.29, 1.82) is 0 Å². The second-order valence-corrected chi connectivity index (χ2v) is 5.52. The van der Waals surface area contributed by atoms with Gasteiger partial charge < -0.3 is 15.3 Å². The molecule has 0 aromatic carbocycles. The number of aliphatic hydroxyl groups excluding tert-OH is 3. The van der Waals surface area contributed by atoms with Crippen molar-refractivity contribution in [1.82, 2.24) is 0 Å². The molecule has 0 rings (SSSR count). The van der Waals surface area contributed by atoms with Crippen molar-refractivity contribution in [2.45, 2.75) is 59.3 Å². The van der Waals surface area contributed by atoms with Crippen LogP contribution in [0.3, 0.4) is 0 Å². The second kappa shape index (κ2) is 8.06. The van der Waals surface area contributed by atoms with Gasteiger partial charge in [-0.05, 0) is 18.3 Å². The molecule has 0 fully saturated rings. The van der Waals surface area contributed by atoms with Gasteiger partial charge in [0.2, 0.25) is 0 Å². The van der Waals surface area contributed by atoms with E-state index in [2.05, 4.69) is 20.8 Å². The quantitative estimate of drug-likeness (QED) is 0.554. The van der Waals surface area contributed by atoms with Crippen LogP contribution in [-0.2, 0) is 0 Å². The Hall–Kier alpha value is -0.120. The molecular formula is C14H30O3. The fourth-order valence-corrected chi connectivity index (χ4v) is 2.51. The smallest absolute Gasteiger partial charge is 0.0536 e. The summed E-state index contributed by atoms with van der Waals surface area (Å²) >= 11 is 0. The number of unbranched alkanes of at least 4 members (excludes halogenated alkanes) is 2. The van der Waals surface area contributed by atoms with Crippen LogP contribution in [0.25, 0.3) is 0 Å². The van der Waals surface area contributed by atoms with E-state index in [4.69, 9.17) is 0 Å². The Morgan fingerprint density at radius 2 is 1.12 bits per heavy atom. The molecule has 3 heteroatoms. The van der Waals surface area contributed by atoms with E-state index in [-0.39, 0.29) is 25.2 Å². The molecule has 0 aliphatic carbocycles. The highest BCUT2D eigenvalue weighted by molar-refractivity contribution is 4.94. The van der Waals surface area contributed by atoms with E-state index in [9.17, 15) is 15.3 Å². The standard InChI is InChI=1S/C14H30O3/c1-4-6-8-13(3,9-7-5-2)14(10-15,11-16)12-17/h15-17H,4-12H2,1-3H3. The van der Waals surface area contributed by atoms with Crippen molar-refractivity contribution in [2.75, 3.05) is 19.8 Å². The zero-order chi connectivity index (χ0) is 13.4. The highest BCUT2D eigenvalue weighted by Gasteiger charge is 2.46. The van der Waals surface area contributed by atoms with E-state index < -0.39 is 5.41 Å². The van der Waals surface area contributed by atoms with Gasteiger partial charge in [0.05, 0.1) is 19.8 Å². The van der Waals surface area contributed by atoms with E-state index >= 15 is 0 Å². The van der Waals surface area contributed by atoms with Crippen LogP contribution in [0.4, 0.5) is 0 Å². The third-order valence-electron chi connectivity index (χ3n) is 4.35. The normalized spacial score (nSPS) is 13.1. The van der Waals surface area contributed by atoms with E-state index in [1.165, 1.54) is 0 Å². The van der Waals surface area contributed by atoms with Gasteiger partial charge >= 0.3 is 0 Å². The summed E-state index contributed by atoms with van der Waals surface area (Å²) in [6.45, 7) is 5.93. The van der Waals surface area contributed by atoms with Crippen LogP contribution < -0.4 is 0 Å². The largest absolute Gasteiger partial charge is 0.396 e. The summed E-state index contributed by atoms with van der Waals surface area (Å²) in [4.78, 5) is 0. The van der Waals surface area contributed by atoms with Crippen molar-refractivity contribution in [2.24, 2.45) is 10.8 Å². The average molecular weight is 246 g/mol. The minimum absolute atomic E-state index is 0.149. The summed E-state index contributed by atoms with van der Waals surface area (Å²) in [5.74, 6) is 0. The number of rotatable bonds is 10. The molecule has 0 saturated heterocycles. The highest BCUT2D eigenvalue weighted by Crippen LogP contribution is 2.46. The summed E-state index contributed by atoms with van der Waals surface area (Å²) in [5, 5.41) is 28.8. The lowest BCUT2D eigenvalue weighted by molar-refractivity contribution is -0.0951. The van der Waals surface area contributed by atoms with Crippen molar-refractivity contribution in [3.8, 4) is 0 Å². The maximum atomic E-state index is 9.59. The van der Waals surface area contributed by atoms with Gasteiger partial charge in [-0.25, -0.2) is 0 Å². The molecule has 0 bridgehead atoms. The van der Waals surface area contributed by atoms with Crippen molar-refractivity contribution < 1.29 is 15.3 Å². The number of hydrogen-bond acceptors (Lipinski definition) is 3. The Morgan fingerprint density at radius 3 is 1.35 bits per heavy atom. The van der Waals surface area contributed by atoms with E-state index in [0.717, 1.165) is 38.5 Å². The highest BCUT2D eigenvalue weighted by atomic mass is 16.3. The average Bonchev–Trinajstić information content (AvgIpc) is 2.36. The van der Waals surface area contributed by atoms with Gasteiger partial charge in [0, 0.05) is 5.41 Å². The van der Waals surface area contributed by atoms with Gasteiger partial charge in [-0.15, -0.1) is 0 Å². The third kappa shape index (κ3) is 3.94. The van der Waals surface area contributed by atoms with Crippen LogP contribution in [0.1, 0.15) is 59.3 Å². The fourth-order valence-electron chi connectivity index (χ4n) is 2.51. The molecule has 0 unspecified atom stereocenters. The lowest BCUT2D eigenvalue weighted by Crippen LogP contribution is -2.48. The Balaban J connectivity index is 4.94. The monoisotopic (exact) mass is 246 g/mol. The predicted octanol–water partition coefficient (Wildman–Crippen LogP) is 2.34. The Labute approximate surface area is 106 Å². The molecule has 104 valence electrons. The molecule has 0 aliphatic rings. The molecule has 0 radical (unpaired) electrons. The molecule has 3 nitrogen and oxygen atoms in total. The zero-order valence-electron chi connectivity index (χ0n) is 11.7. The molecule has 0 aliphatic heterocycles. The van der Waals surface area contributed by atoms with Gasteiger partial charge in [0.15, 0.2) is 0 Å². The van der Waals surface area contributed by atoms with Crippen LogP contribution in [0.5, 0.6) is 0 Å². The molecule has 0 heterocycles. The summed E-state index contributed by atoms with van der Waals surface area (Å²) in [7, 11) is 0. The van der Waals surface area contributed by atoms with Gasteiger partial charge in [0.25, 0.3) is 0 Å². The first kappa shape index (κ1) is 16.9. The third-order valence-corrected chi connectivity index (χ3v) is 4.35. The van der Waals surface area contributed by atoms with Crippen LogP contribution in [0.15, 0.2) is 0 Å². The predicted molar refractivity (Wildman–Crippen MR) is 70.8 cm³/mol. The maximum absolute atomic E-state index is 9.59. The van der Waals surface area contributed by atoms with E-state index in [0.29, 0.717) is 0 Å². The van der Waals surface area contributed by atoms with Crippen LogP contribution in [0.2, 0.25) is 0 Å². The van der Waals surface area contributed by atoms with Gasteiger partial charge in [-0.1, -0.05) is 46.5 Å². The topological polar surface area (TPSA) is 60.7 Å². The van der Waals surface area contributed by atoms with Crippen LogP contribution >= 0.6 is 0 Å². The lowest BCUT2D eigenvalue weighted by Gasteiger charge is -2.46. The Kier molecular flexibility index (Phi) is 8.01. The lowest BCUT2D eigenvalue weighted by atomic mass is 9.60. The Bertz CT molecular complexity index is 172. The fraction of sp³-hybridized carbons (Fsp3) is 1.00. The molecule has 0 saturated carbocycles. The van der Waals surface area contributed by atoms with E-state index in [1.54, 1.807) is 0 Å². The summed E-state index contributed by atoms with van der Waals surface area (Å²) in [6, 6.07) is 0. The SMILES string of the molecule is CCCCC(C)(CCCC)C(CO)(CO)CO. The Morgan fingerprint density at radius 1 is 0.765 bits per heavy atom. The van der Waals surface area contributed by atoms with E-state index in [1.807, 2.05) is 0 Å². The van der Waals surface area contributed by atoms with Crippen LogP contribution in [0, 0.1) is 10.8 Å². The molecule has 0 spiro atoms. The number of aliphatic hydroxyl groups is 3. The molecular weight excluding hydrogens is 216 g/mol. The first-order valence-corrected chi connectivity index (χ1v) is 6.88. The van der Waals surface area contributed by atoms with Gasteiger partial charge in [-0.2, -0.15) is 0 Å². The summed E-state index contributed by atoms with van der Waals surface area (Å²) < 4.78 is 0. The number of hydrogen-bond donors (Lipinski definition) is 3. The molecule has 0 amide bonds. The minimum Gasteiger partial charge on any atom is -0.396 e. The molecule has 0 aromatic rings. The minimum atomic E-state index is -0.753. The van der Waals surface area contributed by atoms with Crippen molar-refractivity contribution in [3.63, 3.8) is 0 Å². The maximum Gasteiger partial charge on any atom is 0.0536 e. The van der Waals surface area contributed by atoms with Crippen molar-refractivity contribution >= 4 is 0 Å². The van der Waals surface area contributed by atoms with Gasteiger partial charge in [-0.3, -0.25) is 0 Å². The summed E-state index contributed by atoms with van der Waals surface area (Å²) in [5.41, 5.74) is -0.936. The van der Waals surface area contributed by atoms with Crippen LogP contribution in [-0.4, -0.2) is 35.1 Å². The second-order valence-electron chi connectivity index (χ2n) is 5.52. The van der Waals surface area contributed by atoms with Crippen molar-refractivity contribution in [3.05, 3.63) is 0 Å². The molecule has 17 heavy (non-hydrogen) atoms. The zero-order valence-corrected chi connectivity index (χ0v) is 11.7. The first-order chi connectivity index (χ1) is 8.05. The van der Waals surface area contributed by atoms with Gasteiger partial charge in [0.1, 0.15) is 0 Å². The molecule has 0 atom stereocenters. The molecule has 0 aromatic heterocycles. The summed E-state index contributed by atoms with van der Waals surface area (Å²) in [6.07, 6.45) is 6.24. The molecule has 3 N–H and O–H groups in total.